The van der Waals surface area contributed by atoms with Crippen molar-refractivity contribution in [1.82, 2.24) is 4.98 Å². The summed E-state index contributed by atoms with van der Waals surface area (Å²) in [5.74, 6) is 0. The highest BCUT2D eigenvalue weighted by Crippen LogP contribution is 2.26. The van der Waals surface area contributed by atoms with Crippen molar-refractivity contribution >= 4 is 40.6 Å². The van der Waals surface area contributed by atoms with Gasteiger partial charge in [0.1, 0.15) is 0 Å². The third-order valence-electron chi connectivity index (χ3n) is 2.16. The molecule has 1 heterocycles. The zero-order valence-electron chi connectivity index (χ0n) is 8.57. The van der Waals surface area contributed by atoms with Gasteiger partial charge in [0.2, 0.25) is 0 Å². The van der Waals surface area contributed by atoms with Crippen LogP contribution in [0.25, 0.3) is 10.9 Å². The summed E-state index contributed by atoms with van der Waals surface area (Å²) in [6, 6.07) is 7.72. The first-order valence-corrected chi connectivity index (χ1v) is 4.78. The number of anilines is 1. The van der Waals surface area contributed by atoms with Gasteiger partial charge in [-0.15, -0.1) is 12.4 Å². The fourth-order valence-corrected chi connectivity index (χ4v) is 1.67. The zero-order chi connectivity index (χ0) is 10.1. The van der Waals surface area contributed by atoms with E-state index in [1.165, 1.54) is 0 Å². The molecule has 0 saturated carbocycles. The van der Waals surface area contributed by atoms with Gasteiger partial charge in [0.05, 0.1) is 5.52 Å². The fourth-order valence-electron chi connectivity index (χ4n) is 1.49. The SMILES string of the molecule is CN(C)c1ccnc2ccc(Cl)cc12.Cl. The third kappa shape index (κ3) is 2.33. The number of benzene rings is 1. The van der Waals surface area contributed by atoms with Crippen LogP contribution in [-0.4, -0.2) is 19.1 Å². The highest BCUT2D eigenvalue weighted by Gasteiger charge is 2.03. The van der Waals surface area contributed by atoms with E-state index < -0.39 is 0 Å². The molecule has 0 aliphatic carbocycles. The second-order valence-electron chi connectivity index (χ2n) is 3.39. The van der Waals surface area contributed by atoms with E-state index in [1.807, 2.05) is 44.6 Å². The molecule has 2 aromatic rings. The molecule has 4 heteroatoms. The van der Waals surface area contributed by atoms with Gasteiger partial charge in [-0.3, -0.25) is 4.98 Å². The first-order chi connectivity index (χ1) is 6.68. The molecule has 0 spiro atoms. The molecular weight excluding hydrogens is 231 g/mol. The van der Waals surface area contributed by atoms with E-state index in [1.54, 1.807) is 0 Å². The van der Waals surface area contributed by atoms with Gasteiger partial charge < -0.3 is 4.90 Å². The lowest BCUT2D eigenvalue weighted by Crippen LogP contribution is -2.09. The lowest BCUT2D eigenvalue weighted by atomic mass is 10.2. The van der Waals surface area contributed by atoms with Crippen LogP contribution >= 0.6 is 24.0 Å². The molecule has 0 fully saturated rings. The van der Waals surface area contributed by atoms with Crippen LogP contribution < -0.4 is 4.90 Å². The number of aromatic nitrogens is 1. The third-order valence-corrected chi connectivity index (χ3v) is 2.40. The summed E-state index contributed by atoms with van der Waals surface area (Å²) >= 11 is 5.95. The van der Waals surface area contributed by atoms with Crippen molar-refractivity contribution in [3.8, 4) is 0 Å². The summed E-state index contributed by atoms with van der Waals surface area (Å²) in [7, 11) is 4.02. The van der Waals surface area contributed by atoms with Gasteiger partial charge in [0, 0.05) is 36.4 Å². The van der Waals surface area contributed by atoms with E-state index in [9.17, 15) is 0 Å². The van der Waals surface area contributed by atoms with Gasteiger partial charge in [-0.05, 0) is 24.3 Å². The van der Waals surface area contributed by atoms with Crippen molar-refractivity contribution in [2.45, 2.75) is 0 Å². The molecule has 2 rings (SSSR count). The Morgan fingerprint density at radius 2 is 1.93 bits per heavy atom. The quantitative estimate of drug-likeness (QED) is 0.763. The van der Waals surface area contributed by atoms with Gasteiger partial charge >= 0.3 is 0 Å². The second-order valence-corrected chi connectivity index (χ2v) is 3.82. The van der Waals surface area contributed by atoms with Crippen LogP contribution in [0.2, 0.25) is 5.02 Å². The van der Waals surface area contributed by atoms with Crippen molar-refractivity contribution in [2.75, 3.05) is 19.0 Å². The molecule has 0 amide bonds. The summed E-state index contributed by atoms with van der Waals surface area (Å²) in [5.41, 5.74) is 2.11. The molecule has 0 unspecified atom stereocenters. The number of nitrogens with zero attached hydrogens (tertiary/aromatic N) is 2. The van der Waals surface area contributed by atoms with Gasteiger partial charge in [-0.25, -0.2) is 0 Å². The summed E-state index contributed by atoms with van der Waals surface area (Å²) < 4.78 is 0. The van der Waals surface area contributed by atoms with E-state index in [4.69, 9.17) is 11.6 Å². The summed E-state index contributed by atoms with van der Waals surface area (Å²) in [4.78, 5) is 6.34. The Morgan fingerprint density at radius 3 is 2.60 bits per heavy atom. The Labute approximate surface area is 100 Å². The molecule has 15 heavy (non-hydrogen) atoms. The normalized spacial score (nSPS) is 9.80. The largest absolute Gasteiger partial charge is 0.377 e. The zero-order valence-corrected chi connectivity index (χ0v) is 10.1. The van der Waals surface area contributed by atoms with Crippen LogP contribution in [0, 0.1) is 0 Å². The van der Waals surface area contributed by atoms with E-state index in [0.717, 1.165) is 21.6 Å². The minimum Gasteiger partial charge on any atom is -0.377 e. The smallest absolute Gasteiger partial charge is 0.0723 e. The average molecular weight is 243 g/mol. The van der Waals surface area contributed by atoms with Gasteiger partial charge in [0.15, 0.2) is 0 Å². The maximum atomic E-state index is 5.95. The predicted molar refractivity (Wildman–Crippen MR) is 68.3 cm³/mol. The molecular formula is C11H12Cl2N2. The lowest BCUT2D eigenvalue weighted by molar-refractivity contribution is 1.14. The highest BCUT2D eigenvalue weighted by molar-refractivity contribution is 6.31. The van der Waals surface area contributed by atoms with E-state index in [-0.39, 0.29) is 12.4 Å². The van der Waals surface area contributed by atoms with Gasteiger partial charge in [-0.2, -0.15) is 0 Å². The molecule has 0 bridgehead atoms. The predicted octanol–water partition coefficient (Wildman–Crippen LogP) is 3.38. The molecule has 0 aliphatic rings. The molecule has 1 aromatic carbocycles. The first-order valence-electron chi connectivity index (χ1n) is 4.40. The number of hydrogen-bond acceptors (Lipinski definition) is 2. The molecule has 0 aliphatic heterocycles. The van der Waals surface area contributed by atoms with E-state index in [0.29, 0.717) is 0 Å². The molecule has 0 radical (unpaired) electrons. The average Bonchev–Trinajstić information content (AvgIpc) is 2.16. The van der Waals surface area contributed by atoms with Gasteiger partial charge in [0.25, 0.3) is 0 Å². The van der Waals surface area contributed by atoms with E-state index in [2.05, 4.69) is 9.88 Å². The van der Waals surface area contributed by atoms with Crippen LogP contribution in [0.3, 0.4) is 0 Å². The Hall–Kier alpha value is -0.990. The van der Waals surface area contributed by atoms with Crippen molar-refractivity contribution in [2.24, 2.45) is 0 Å². The molecule has 0 atom stereocenters. The second kappa shape index (κ2) is 4.69. The number of rotatable bonds is 1. The maximum absolute atomic E-state index is 5.95. The minimum absolute atomic E-state index is 0. The fraction of sp³-hybridized carbons (Fsp3) is 0.182. The Morgan fingerprint density at radius 1 is 1.20 bits per heavy atom. The van der Waals surface area contributed by atoms with Crippen LogP contribution in [0.15, 0.2) is 30.5 Å². The van der Waals surface area contributed by atoms with Crippen molar-refractivity contribution in [3.63, 3.8) is 0 Å². The molecule has 80 valence electrons. The Bertz CT molecular complexity index is 469. The van der Waals surface area contributed by atoms with Crippen LogP contribution in [0.1, 0.15) is 0 Å². The number of halogens is 2. The van der Waals surface area contributed by atoms with Crippen LogP contribution in [-0.2, 0) is 0 Å². The van der Waals surface area contributed by atoms with Gasteiger partial charge in [-0.1, -0.05) is 11.6 Å². The van der Waals surface area contributed by atoms with Crippen LogP contribution in [0.4, 0.5) is 5.69 Å². The Balaban J connectivity index is 0.00000112. The minimum atomic E-state index is 0. The Kier molecular flexibility index (Phi) is 3.77. The van der Waals surface area contributed by atoms with Crippen molar-refractivity contribution in [3.05, 3.63) is 35.5 Å². The number of pyridine rings is 1. The highest BCUT2D eigenvalue weighted by atomic mass is 35.5. The van der Waals surface area contributed by atoms with Crippen molar-refractivity contribution < 1.29 is 0 Å². The van der Waals surface area contributed by atoms with E-state index >= 15 is 0 Å². The standard InChI is InChI=1S/C11H11ClN2.ClH/c1-14(2)11-5-6-13-10-4-3-8(12)7-9(10)11;/h3-7H,1-2H3;1H. The summed E-state index contributed by atoms with van der Waals surface area (Å²) in [6.45, 7) is 0. The lowest BCUT2D eigenvalue weighted by Gasteiger charge is -2.14. The monoisotopic (exact) mass is 242 g/mol. The summed E-state index contributed by atoms with van der Waals surface area (Å²) in [5, 5.41) is 1.83. The van der Waals surface area contributed by atoms with Crippen molar-refractivity contribution in [1.29, 1.82) is 0 Å². The molecule has 0 N–H and O–H groups in total. The van der Waals surface area contributed by atoms with Crippen LogP contribution in [0.5, 0.6) is 0 Å². The number of fused-ring (bicyclic) bond motifs is 1. The molecule has 2 nitrogen and oxygen atoms in total. The molecule has 1 aromatic heterocycles. The summed E-state index contributed by atoms with van der Waals surface area (Å²) in [6.07, 6.45) is 1.81. The maximum Gasteiger partial charge on any atom is 0.0723 e. The first kappa shape index (κ1) is 12.1. The topological polar surface area (TPSA) is 16.1 Å². The molecule has 0 saturated heterocycles. The number of hydrogen-bond donors (Lipinski definition) is 0.